The van der Waals surface area contributed by atoms with Crippen LogP contribution in [0.1, 0.15) is 41.6 Å². The zero-order chi connectivity index (χ0) is 26.9. The molecule has 3 aliphatic carbocycles. The number of nitrogens with two attached hydrogens (primary N) is 1. The molecule has 1 saturated heterocycles. The Morgan fingerprint density at radius 2 is 1.76 bits per heavy atom. The maximum absolute atomic E-state index is 13.7. The molecule has 1 aliphatic heterocycles. The molecule has 6 rings (SSSR count). The molecule has 196 valence electrons. The van der Waals surface area contributed by atoms with E-state index >= 15 is 0 Å². The molecule has 4 aliphatic rings. The second kappa shape index (κ2) is 8.56. The van der Waals surface area contributed by atoms with Gasteiger partial charge in [-0.25, -0.2) is 4.98 Å². The number of carbonyl (C=O) groups is 5. The number of rotatable bonds is 3. The number of hydrogen-bond donors (Lipinski definition) is 3. The summed E-state index contributed by atoms with van der Waals surface area (Å²) in [4.78, 5) is 71.4. The summed E-state index contributed by atoms with van der Waals surface area (Å²) >= 11 is 0. The van der Waals surface area contributed by atoms with Crippen LogP contribution in [-0.2, 0) is 25.6 Å². The molecule has 0 spiro atoms. The number of primary amides is 1. The molecule has 10 heteroatoms. The first-order valence-corrected chi connectivity index (χ1v) is 12.9. The van der Waals surface area contributed by atoms with Crippen LogP contribution in [0.25, 0.3) is 11.1 Å². The number of amides is 1. The zero-order valence-electron chi connectivity index (χ0n) is 20.6. The topological polar surface area (TPSA) is 168 Å². The van der Waals surface area contributed by atoms with E-state index in [4.69, 9.17) is 5.73 Å². The van der Waals surface area contributed by atoms with Gasteiger partial charge in [0.1, 0.15) is 11.6 Å². The summed E-state index contributed by atoms with van der Waals surface area (Å²) in [5, 5.41) is 22.0. The Hall–Kier alpha value is -3.92. The van der Waals surface area contributed by atoms with Gasteiger partial charge in [0.05, 0.1) is 11.5 Å². The van der Waals surface area contributed by atoms with E-state index in [1.807, 2.05) is 12.1 Å². The van der Waals surface area contributed by atoms with Crippen molar-refractivity contribution in [2.24, 2.45) is 29.4 Å². The highest BCUT2D eigenvalue weighted by molar-refractivity contribution is 6.31. The number of aromatic nitrogens is 1. The second-order valence-electron chi connectivity index (χ2n) is 10.8. The number of phenolic OH excluding ortho intramolecular Hbond substituents is 1. The van der Waals surface area contributed by atoms with Gasteiger partial charge in [0.15, 0.2) is 34.7 Å². The highest BCUT2D eigenvalue weighted by Gasteiger charge is 2.66. The van der Waals surface area contributed by atoms with Gasteiger partial charge in [-0.15, -0.1) is 0 Å². The number of anilines is 1. The summed E-state index contributed by atoms with van der Waals surface area (Å²) in [6, 6.07) is 6.93. The lowest BCUT2D eigenvalue weighted by molar-refractivity contribution is -0.175. The molecular formula is C28H27N3O7. The molecule has 1 aromatic carbocycles. The van der Waals surface area contributed by atoms with E-state index in [0.29, 0.717) is 11.1 Å². The van der Waals surface area contributed by atoms with Crippen LogP contribution in [0.4, 0.5) is 5.82 Å². The fourth-order valence-electron chi connectivity index (χ4n) is 6.92. The molecule has 4 N–H and O–H groups in total. The van der Waals surface area contributed by atoms with Gasteiger partial charge in [-0.3, -0.25) is 24.0 Å². The lowest BCUT2D eigenvalue weighted by atomic mass is 9.53. The van der Waals surface area contributed by atoms with Crippen LogP contribution < -0.4 is 10.6 Å². The van der Waals surface area contributed by atoms with Crippen LogP contribution >= 0.6 is 0 Å². The van der Waals surface area contributed by atoms with Gasteiger partial charge >= 0.3 is 0 Å². The van der Waals surface area contributed by atoms with Crippen LogP contribution in [-0.4, -0.2) is 62.9 Å². The summed E-state index contributed by atoms with van der Waals surface area (Å²) in [7, 11) is 0. The number of ketones is 4. The molecule has 0 radical (unpaired) electrons. The predicted octanol–water partition coefficient (Wildman–Crippen LogP) is 0.989. The maximum Gasteiger partial charge on any atom is 0.235 e. The van der Waals surface area contributed by atoms with E-state index in [0.717, 1.165) is 37.3 Å². The van der Waals surface area contributed by atoms with Gasteiger partial charge in [0, 0.05) is 37.2 Å². The molecule has 5 atom stereocenters. The number of pyridine rings is 1. The average molecular weight is 518 g/mol. The Morgan fingerprint density at radius 1 is 1.03 bits per heavy atom. The summed E-state index contributed by atoms with van der Waals surface area (Å²) in [5.74, 6) is -9.29. The van der Waals surface area contributed by atoms with Crippen molar-refractivity contribution < 1.29 is 34.2 Å². The number of aromatic hydroxyl groups is 1. The van der Waals surface area contributed by atoms with Gasteiger partial charge in [-0.2, -0.15) is 0 Å². The number of phenols is 1. The van der Waals surface area contributed by atoms with E-state index in [1.54, 1.807) is 12.3 Å². The monoisotopic (exact) mass is 517 g/mol. The lowest BCUT2D eigenvalue weighted by Crippen LogP contribution is -2.68. The Balaban J connectivity index is 1.39. The van der Waals surface area contributed by atoms with Gasteiger partial charge in [0.25, 0.3) is 0 Å². The van der Waals surface area contributed by atoms with Crippen molar-refractivity contribution in [3.63, 3.8) is 0 Å². The van der Waals surface area contributed by atoms with E-state index in [2.05, 4.69) is 9.88 Å². The largest absolute Gasteiger partial charge is 0.507 e. The van der Waals surface area contributed by atoms with Gasteiger partial charge < -0.3 is 20.8 Å². The fraction of sp³-hybridized carbons (Fsp3) is 0.429. The van der Waals surface area contributed by atoms with E-state index in [-0.39, 0.29) is 30.6 Å². The maximum atomic E-state index is 13.7. The van der Waals surface area contributed by atoms with E-state index in [9.17, 15) is 34.2 Å². The second-order valence-corrected chi connectivity index (χ2v) is 10.8. The predicted molar refractivity (Wildman–Crippen MR) is 133 cm³/mol. The summed E-state index contributed by atoms with van der Waals surface area (Å²) in [5.41, 5.74) is 4.57. The zero-order valence-corrected chi connectivity index (χ0v) is 20.6. The first-order chi connectivity index (χ1) is 18.1. The summed E-state index contributed by atoms with van der Waals surface area (Å²) in [6.07, 6.45) is 3.89. The third-order valence-corrected chi connectivity index (χ3v) is 8.77. The van der Waals surface area contributed by atoms with Crippen molar-refractivity contribution in [1.29, 1.82) is 0 Å². The standard InChI is InChI=1S/C28H27N3O7/c29-27(37)23-19(33)11-15-9-14-10-17-16(13-3-6-20(30-12-13)31-7-1-2-8-31)4-5-18(32)22(17)24(34)21(14)25(35)28(15,38)26(23)36/h3-6,12,14-15,21,23,32,38H,1-2,7-11H2,(H2,29,37)/t14-,15+,21?,23?,28+/m1/s1. The molecule has 10 nitrogen and oxygen atoms in total. The minimum atomic E-state index is -2.65. The lowest BCUT2D eigenvalue weighted by Gasteiger charge is -2.48. The molecule has 38 heavy (non-hydrogen) atoms. The summed E-state index contributed by atoms with van der Waals surface area (Å²) < 4.78 is 0. The van der Waals surface area contributed by atoms with Crippen LogP contribution in [0.15, 0.2) is 30.5 Å². The fourth-order valence-corrected chi connectivity index (χ4v) is 6.92. The molecule has 2 unspecified atom stereocenters. The number of carbonyl (C=O) groups excluding carboxylic acids is 5. The Kier molecular flexibility index (Phi) is 5.50. The number of nitrogens with zero attached hydrogens (tertiary/aromatic N) is 2. The molecule has 3 fully saturated rings. The van der Waals surface area contributed by atoms with Crippen molar-refractivity contribution in [3.8, 4) is 16.9 Å². The first-order valence-electron chi connectivity index (χ1n) is 12.9. The first kappa shape index (κ1) is 24.4. The Morgan fingerprint density at radius 3 is 2.42 bits per heavy atom. The van der Waals surface area contributed by atoms with E-state index in [1.165, 1.54) is 6.07 Å². The minimum Gasteiger partial charge on any atom is -0.507 e. The highest BCUT2D eigenvalue weighted by Crippen LogP contribution is 2.51. The Labute approximate surface area is 217 Å². The molecule has 0 bridgehead atoms. The molecule has 2 aromatic rings. The van der Waals surface area contributed by atoms with Crippen molar-refractivity contribution in [2.75, 3.05) is 18.0 Å². The van der Waals surface area contributed by atoms with Crippen LogP contribution in [0.5, 0.6) is 5.75 Å². The average Bonchev–Trinajstić information content (AvgIpc) is 3.41. The smallest absolute Gasteiger partial charge is 0.235 e. The number of Topliss-reactive ketones (excluding diaryl/α,β-unsaturated/α-hetero) is 4. The van der Waals surface area contributed by atoms with Gasteiger partial charge in [-0.1, -0.05) is 6.07 Å². The minimum absolute atomic E-state index is 0.0199. The van der Waals surface area contributed by atoms with E-state index < -0.39 is 58.3 Å². The molecular weight excluding hydrogens is 490 g/mol. The molecule has 2 saturated carbocycles. The quantitative estimate of drug-likeness (QED) is 0.503. The van der Waals surface area contributed by atoms with Crippen LogP contribution in [0, 0.1) is 23.7 Å². The molecule has 2 heterocycles. The summed E-state index contributed by atoms with van der Waals surface area (Å²) in [6.45, 7) is 1.90. The third-order valence-electron chi connectivity index (χ3n) is 8.77. The normalized spacial score (nSPS) is 30.6. The SMILES string of the molecule is NC(=O)C1C(=O)C[C@@H]2C[C@@H]3Cc4c(-c5ccc(N6CCCC6)nc5)ccc(O)c4C(=O)C3C(=O)[C@]2(O)C1=O. The number of fused-ring (bicyclic) bond motifs is 3. The molecule has 1 amide bonds. The van der Waals surface area contributed by atoms with Crippen molar-refractivity contribution in [3.05, 3.63) is 41.6 Å². The van der Waals surface area contributed by atoms with Crippen molar-refractivity contribution in [2.45, 2.75) is 37.7 Å². The van der Waals surface area contributed by atoms with Crippen molar-refractivity contribution >= 4 is 34.9 Å². The van der Waals surface area contributed by atoms with Crippen LogP contribution in [0.3, 0.4) is 0 Å². The van der Waals surface area contributed by atoms with Gasteiger partial charge in [0.2, 0.25) is 5.91 Å². The number of benzene rings is 1. The highest BCUT2D eigenvalue weighted by atomic mass is 16.3. The van der Waals surface area contributed by atoms with Gasteiger partial charge in [-0.05, 0) is 60.9 Å². The third kappa shape index (κ3) is 3.36. The molecule has 1 aromatic heterocycles. The number of aliphatic hydroxyl groups is 1. The van der Waals surface area contributed by atoms with Crippen LogP contribution in [0.2, 0.25) is 0 Å². The number of hydrogen-bond acceptors (Lipinski definition) is 9. The Bertz CT molecular complexity index is 1410. The van der Waals surface area contributed by atoms with Crippen molar-refractivity contribution in [1.82, 2.24) is 4.98 Å².